The van der Waals surface area contributed by atoms with E-state index >= 15 is 0 Å². The van der Waals surface area contributed by atoms with Crippen molar-refractivity contribution in [3.63, 3.8) is 0 Å². The molecule has 1 fully saturated rings. The zero-order valence-corrected chi connectivity index (χ0v) is 21.4. The lowest BCUT2D eigenvalue weighted by Gasteiger charge is -2.26. The molecule has 4 rings (SSSR count). The molecule has 1 aliphatic rings. The largest absolute Gasteiger partial charge is 0.536 e. The van der Waals surface area contributed by atoms with Gasteiger partial charge in [0.05, 0.1) is 6.33 Å². The first-order chi connectivity index (χ1) is 17.6. The molecule has 8 atom stereocenters. The molecule has 38 heavy (non-hydrogen) atoms. The number of phosphoric acid groups is 2. The molecule has 19 nitrogen and oxygen atoms in total. The SMILES string of the molecule is Nc1ccc(OP(=O)(O)OP(=O)(O)OP(=O)(O)C(O)[C@H]2O[C@@H](n3cnc4c(N)ncnc43)[C@H](O)[C@@H]2O)cc1. The molecule has 0 spiro atoms. The summed E-state index contributed by atoms with van der Waals surface area (Å²) in [5, 5.41) is 31.2. The summed E-state index contributed by atoms with van der Waals surface area (Å²) in [7, 11) is -17.0. The molecule has 3 aromatic rings. The van der Waals surface area contributed by atoms with Crippen molar-refractivity contribution in [1.82, 2.24) is 19.5 Å². The van der Waals surface area contributed by atoms with Crippen molar-refractivity contribution in [2.45, 2.75) is 30.4 Å². The minimum absolute atomic E-state index is 0.0214. The second kappa shape index (κ2) is 10.2. The quantitative estimate of drug-likeness (QED) is 0.113. The fourth-order valence-corrected chi connectivity index (χ4v) is 7.56. The molecule has 0 aliphatic carbocycles. The molecule has 3 heterocycles. The lowest BCUT2D eigenvalue weighted by Crippen LogP contribution is -2.38. The van der Waals surface area contributed by atoms with Crippen LogP contribution in [0.5, 0.6) is 5.75 Å². The number of hydrogen-bond donors (Lipinski definition) is 8. The summed E-state index contributed by atoms with van der Waals surface area (Å²) in [6.45, 7) is 0. The van der Waals surface area contributed by atoms with Gasteiger partial charge in [-0.3, -0.25) is 14.0 Å². The second-order valence-corrected chi connectivity index (χ2v) is 12.8. The standard InChI is InChI=1S/C16H21N6O13P3/c17-7-1-3-8(4-2-7)33-37(28,29)35-38(30,31)34-36(26,27)16(25)12-10(23)11(24)15(32-12)22-6-21-9-13(18)19-5-20-14(9)22/h1-6,10-12,15-16,23-25H,17H2,(H,26,27)(H,28,29)(H,30,31)(H2,18,19,20)/t10-,11+,12-,15+,16?/m0/s1. The third kappa shape index (κ3) is 5.89. The van der Waals surface area contributed by atoms with Crippen molar-refractivity contribution >= 4 is 45.9 Å². The van der Waals surface area contributed by atoms with Gasteiger partial charge in [0.1, 0.15) is 35.9 Å². The van der Waals surface area contributed by atoms with Crippen molar-refractivity contribution < 1.29 is 61.6 Å². The van der Waals surface area contributed by atoms with Crippen LogP contribution < -0.4 is 16.0 Å². The molecule has 4 unspecified atom stereocenters. The summed E-state index contributed by atoms with van der Waals surface area (Å²) in [4.78, 5) is 41.3. The number of nitrogens with zero attached hydrogens (tertiary/aromatic N) is 4. The van der Waals surface area contributed by atoms with Gasteiger partial charge >= 0.3 is 23.2 Å². The summed E-state index contributed by atoms with van der Waals surface area (Å²) >= 11 is 0. The van der Waals surface area contributed by atoms with Gasteiger partial charge in [0.15, 0.2) is 23.5 Å². The Hall–Kier alpha value is -2.50. The first kappa shape index (κ1) is 28.5. The first-order valence-corrected chi connectivity index (χ1v) is 14.8. The third-order valence-corrected chi connectivity index (χ3v) is 9.91. The third-order valence-electron chi connectivity index (χ3n) is 5.09. The number of fused-ring (bicyclic) bond motifs is 1. The van der Waals surface area contributed by atoms with Crippen molar-refractivity contribution in [3.8, 4) is 5.75 Å². The molecule has 10 N–H and O–H groups in total. The maximum Gasteiger partial charge on any atom is 0.536 e. The Balaban J connectivity index is 1.48. The fourth-order valence-electron chi connectivity index (χ4n) is 3.42. The average Bonchev–Trinajstić information content (AvgIpc) is 3.35. The normalized spacial score (nSPS) is 27.3. The topological polar surface area (TPSA) is 305 Å². The van der Waals surface area contributed by atoms with E-state index < -0.39 is 53.6 Å². The number of anilines is 2. The van der Waals surface area contributed by atoms with Gasteiger partial charge in [-0.05, 0) is 24.3 Å². The van der Waals surface area contributed by atoms with Gasteiger partial charge in [0.2, 0.25) is 0 Å². The monoisotopic (exact) mass is 598 g/mol. The van der Waals surface area contributed by atoms with Crippen molar-refractivity contribution in [3.05, 3.63) is 36.9 Å². The molecule has 1 saturated heterocycles. The van der Waals surface area contributed by atoms with Crippen LogP contribution in [0.25, 0.3) is 11.2 Å². The van der Waals surface area contributed by atoms with E-state index in [0.29, 0.717) is 0 Å². The van der Waals surface area contributed by atoms with E-state index in [1.54, 1.807) is 0 Å². The molecular formula is C16H21N6O13P3. The Morgan fingerprint density at radius 3 is 2.26 bits per heavy atom. The Labute approximate surface area is 212 Å². The minimum atomic E-state index is -5.89. The highest BCUT2D eigenvalue weighted by atomic mass is 31.3. The van der Waals surface area contributed by atoms with Crippen molar-refractivity contribution in [2.75, 3.05) is 11.5 Å². The number of imidazole rings is 1. The number of nitrogens with two attached hydrogens (primary N) is 2. The molecule has 0 amide bonds. The number of nitrogen functional groups attached to an aromatic ring is 2. The van der Waals surface area contributed by atoms with Crippen LogP contribution in [0.4, 0.5) is 11.5 Å². The zero-order chi connectivity index (χ0) is 28.0. The van der Waals surface area contributed by atoms with Crippen molar-refractivity contribution in [2.24, 2.45) is 0 Å². The maximum atomic E-state index is 12.6. The van der Waals surface area contributed by atoms with E-state index in [9.17, 15) is 43.7 Å². The number of benzene rings is 1. The fraction of sp³-hybridized carbons (Fsp3) is 0.312. The highest BCUT2D eigenvalue weighted by Crippen LogP contribution is 2.69. The number of hydrogen-bond acceptors (Lipinski definition) is 15. The van der Waals surface area contributed by atoms with E-state index in [-0.39, 0.29) is 28.4 Å². The van der Waals surface area contributed by atoms with E-state index in [2.05, 4.69) is 28.1 Å². The van der Waals surface area contributed by atoms with Crippen LogP contribution in [0.1, 0.15) is 6.23 Å². The van der Waals surface area contributed by atoms with Gasteiger partial charge in [-0.1, -0.05) is 0 Å². The van der Waals surface area contributed by atoms with Gasteiger partial charge in [0.25, 0.3) is 0 Å². The summed E-state index contributed by atoms with van der Waals surface area (Å²) in [5.41, 5.74) is 11.6. The van der Waals surface area contributed by atoms with E-state index in [1.165, 1.54) is 12.1 Å². The lowest BCUT2D eigenvalue weighted by atomic mass is 10.1. The average molecular weight is 598 g/mol. The predicted octanol–water partition coefficient (Wildman–Crippen LogP) is -0.573. The number of aliphatic hydroxyl groups is 3. The second-order valence-electron chi connectivity index (χ2n) is 7.79. The molecule has 0 bridgehead atoms. The van der Waals surface area contributed by atoms with Crippen LogP contribution in [-0.2, 0) is 27.1 Å². The van der Waals surface area contributed by atoms with E-state index in [0.717, 1.165) is 29.4 Å². The number of phosphoric ester groups is 1. The summed E-state index contributed by atoms with van der Waals surface area (Å²) < 4.78 is 56.0. The van der Waals surface area contributed by atoms with Gasteiger partial charge in [0, 0.05) is 5.69 Å². The maximum absolute atomic E-state index is 12.6. The van der Waals surface area contributed by atoms with Gasteiger partial charge < -0.3 is 45.8 Å². The van der Waals surface area contributed by atoms with Gasteiger partial charge in [-0.15, -0.1) is 0 Å². The van der Waals surface area contributed by atoms with Gasteiger partial charge in [-0.2, -0.15) is 4.31 Å². The number of rotatable bonds is 9. The Morgan fingerprint density at radius 2 is 1.61 bits per heavy atom. The summed E-state index contributed by atoms with van der Waals surface area (Å²) in [6, 6.07) is 4.78. The van der Waals surface area contributed by atoms with Crippen LogP contribution in [-0.4, -0.2) is 73.7 Å². The highest BCUT2D eigenvalue weighted by molar-refractivity contribution is 7.68. The molecule has 1 aliphatic heterocycles. The van der Waals surface area contributed by atoms with E-state index in [1.807, 2.05) is 0 Å². The Morgan fingerprint density at radius 1 is 0.947 bits per heavy atom. The molecule has 208 valence electrons. The molecule has 0 saturated carbocycles. The van der Waals surface area contributed by atoms with E-state index in [4.69, 9.17) is 16.2 Å². The lowest BCUT2D eigenvalue weighted by molar-refractivity contribution is -0.0663. The van der Waals surface area contributed by atoms with Gasteiger partial charge in [-0.25, -0.2) is 28.4 Å². The Kier molecular flexibility index (Phi) is 7.68. The predicted molar refractivity (Wildman–Crippen MR) is 125 cm³/mol. The number of ether oxygens (including phenoxy) is 1. The minimum Gasteiger partial charge on any atom is -0.404 e. The van der Waals surface area contributed by atoms with Crippen LogP contribution in [0.15, 0.2) is 36.9 Å². The molecule has 1 aromatic carbocycles. The number of aliphatic hydroxyl groups excluding tert-OH is 3. The first-order valence-electron chi connectivity index (χ1n) is 10.2. The molecule has 2 aromatic heterocycles. The number of aromatic nitrogens is 4. The molecule has 22 heteroatoms. The van der Waals surface area contributed by atoms with Crippen LogP contribution in [0.3, 0.4) is 0 Å². The highest BCUT2D eigenvalue weighted by Gasteiger charge is 2.55. The van der Waals surface area contributed by atoms with Crippen LogP contribution in [0, 0.1) is 0 Å². The summed E-state index contributed by atoms with van der Waals surface area (Å²) in [6.07, 6.45) is -5.33. The van der Waals surface area contributed by atoms with Crippen LogP contribution >= 0.6 is 23.2 Å². The molecule has 0 radical (unpaired) electrons. The zero-order valence-electron chi connectivity index (χ0n) is 18.7. The Bertz CT molecular complexity index is 1470. The van der Waals surface area contributed by atoms with Crippen molar-refractivity contribution in [1.29, 1.82) is 0 Å². The summed E-state index contributed by atoms with van der Waals surface area (Å²) in [5.74, 6) is -3.11. The van der Waals surface area contributed by atoms with Crippen LogP contribution in [0.2, 0.25) is 0 Å². The molecular weight excluding hydrogens is 577 g/mol. The smallest absolute Gasteiger partial charge is 0.404 e.